The van der Waals surface area contributed by atoms with Gasteiger partial charge in [-0.1, -0.05) is 18.2 Å². The van der Waals surface area contributed by atoms with E-state index in [1.807, 2.05) is 62.4 Å². The summed E-state index contributed by atoms with van der Waals surface area (Å²) in [5, 5.41) is 11.0. The predicted molar refractivity (Wildman–Crippen MR) is 99.0 cm³/mol. The van der Waals surface area contributed by atoms with E-state index in [1.165, 1.54) is 0 Å². The first-order valence-corrected chi connectivity index (χ1v) is 8.57. The zero-order valence-corrected chi connectivity index (χ0v) is 14.9. The van der Waals surface area contributed by atoms with Crippen LogP contribution in [-0.4, -0.2) is 22.7 Å². The minimum Gasteiger partial charge on any atom is -0.494 e. The molecule has 134 valence electrons. The van der Waals surface area contributed by atoms with E-state index in [0.29, 0.717) is 24.8 Å². The van der Waals surface area contributed by atoms with Gasteiger partial charge in [0.25, 0.3) is 0 Å². The van der Waals surface area contributed by atoms with Crippen molar-refractivity contribution < 1.29 is 13.9 Å². The lowest BCUT2D eigenvalue weighted by Crippen LogP contribution is -2.12. The molecule has 0 radical (unpaired) electrons. The standard InChI is InChI=1S/C20H21N3O3/c1-3-25-16-10-8-15(9-11-16)21-18(24)12-13-19-22-23-20(26-19)17-7-5-4-6-14(17)2/h4-11H,3,12-13H2,1-2H3,(H,21,24). The van der Waals surface area contributed by atoms with Crippen molar-refractivity contribution in [3.63, 3.8) is 0 Å². The van der Waals surface area contributed by atoms with Gasteiger partial charge in [0.05, 0.1) is 6.61 Å². The molecule has 0 spiro atoms. The van der Waals surface area contributed by atoms with E-state index in [1.54, 1.807) is 0 Å². The van der Waals surface area contributed by atoms with Gasteiger partial charge in [0.1, 0.15) is 5.75 Å². The highest BCUT2D eigenvalue weighted by Crippen LogP contribution is 2.22. The highest BCUT2D eigenvalue weighted by molar-refractivity contribution is 5.90. The van der Waals surface area contributed by atoms with E-state index < -0.39 is 0 Å². The summed E-state index contributed by atoms with van der Waals surface area (Å²) in [6, 6.07) is 15.1. The zero-order valence-electron chi connectivity index (χ0n) is 14.9. The molecule has 1 amide bonds. The average Bonchev–Trinajstić information content (AvgIpc) is 3.11. The third kappa shape index (κ3) is 4.47. The molecule has 1 N–H and O–H groups in total. The van der Waals surface area contributed by atoms with Crippen molar-refractivity contribution in [3.8, 4) is 17.2 Å². The van der Waals surface area contributed by atoms with Crippen molar-refractivity contribution in [2.45, 2.75) is 26.7 Å². The van der Waals surface area contributed by atoms with Crippen LogP contribution in [0.3, 0.4) is 0 Å². The molecule has 0 bridgehead atoms. The molecule has 6 heteroatoms. The summed E-state index contributed by atoms with van der Waals surface area (Å²) in [6.45, 7) is 4.53. The molecule has 26 heavy (non-hydrogen) atoms. The molecule has 0 unspecified atom stereocenters. The van der Waals surface area contributed by atoms with Crippen molar-refractivity contribution in [2.24, 2.45) is 0 Å². The summed E-state index contributed by atoms with van der Waals surface area (Å²) in [5.74, 6) is 1.60. The average molecular weight is 351 g/mol. The molecule has 1 heterocycles. The van der Waals surface area contributed by atoms with Crippen LogP contribution in [0.15, 0.2) is 52.9 Å². The topological polar surface area (TPSA) is 77.2 Å². The van der Waals surface area contributed by atoms with Crippen molar-refractivity contribution in [1.82, 2.24) is 10.2 Å². The number of aryl methyl sites for hydroxylation is 2. The number of amides is 1. The van der Waals surface area contributed by atoms with E-state index in [0.717, 1.165) is 22.6 Å². The highest BCUT2D eigenvalue weighted by Gasteiger charge is 2.12. The molecule has 6 nitrogen and oxygen atoms in total. The second-order valence-corrected chi connectivity index (χ2v) is 5.82. The number of hydrogen-bond donors (Lipinski definition) is 1. The van der Waals surface area contributed by atoms with Gasteiger partial charge in [-0.25, -0.2) is 0 Å². The van der Waals surface area contributed by atoms with Gasteiger partial charge in [-0.3, -0.25) is 4.79 Å². The minimum atomic E-state index is -0.107. The largest absolute Gasteiger partial charge is 0.494 e. The SMILES string of the molecule is CCOc1ccc(NC(=O)CCc2nnc(-c3ccccc3C)o2)cc1. The van der Waals surface area contributed by atoms with Crippen LogP contribution in [0.25, 0.3) is 11.5 Å². The van der Waals surface area contributed by atoms with Gasteiger partial charge in [0, 0.05) is 24.1 Å². The molecule has 2 aromatic carbocycles. The summed E-state index contributed by atoms with van der Waals surface area (Å²) >= 11 is 0. The van der Waals surface area contributed by atoms with Gasteiger partial charge >= 0.3 is 0 Å². The number of hydrogen-bond acceptors (Lipinski definition) is 5. The maximum absolute atomic E-state index is 12.1. The van der Waals surface area contributed by atoms with Crippen LogP contribution in [0, 0.1) is 6.92 Å². The fourth-order valence-corrected chi connectivity index (χ4v) is 2.52. The first-order chi connectivity index (χ1) is 12.7. The van der Waals surface area contributed by atoms with Crippen molar-refractivity contribution in [3.05, 3.63) is 60.0 Å². The maximum atomic E-state index is 12.1. The van der Waals surface area contributed by atoms with Gasteiger partial charge in [-0.15, -0.1) is 10.2 Å². The summed E-state index contributed by atoms with van der Waals surface area (Å²) < 4.78 is 11.1. The maximum Gasteiger partial charge on any atom is 0.247 e. The van der Waals surface area contributed by atoms with E-state index >= 15 is 0 Å². The number of ether oxygens (including phenoxy) is 1. The number of anilines is 1. The van der Waals surface area contributed by atoms with Gasteiger partial charge < -0.3 is 14.5 Å². The van der Waals surface area contributed by atoms with Crippen LogP contribution in [0.2, 0.25) is 0 Å². The Kier molecular flexibility index (Phi) is 5.63. The Hall–Kier alpha value is -3.15. The number of benzene rings is 2. The van der Waals surface area contributed by atoms with Crippen LogP contribution in [0.5, 0.6) is 5.75 Å². The van der Waals surface area contributed by atoms with Crippen LogP contribution >= 0.6 is 0 Å². The summed E-state index contributed by atoms with van der Waals surface area (Å²) in [4.78, 5) is 12.1. The number of aromatic nitrogens is 2. The number of rotatable bonds is 7. The molecular weight excluding hydrogens is 330 g/mol. The second kappa shape index (κ2) is 8.29. The fraction of sp³-hybridized carbons (Fsp3) is 0.250. The lowest BCUT2D eigenvalue weighted by Gasteiger charge is -2.06. The van der Waals surface area contributed by atoms with E-state index in [4.69, 9.17) is 9.15 Å². The van der Waals surface area contributed by atoms with Crippen LogP contribution in [0.4, 0.5) is 5.69 Å². The fourth-order valence-electron chi connectivity index (χ4n) is 2.52. The quantitative estimate of drug-likeness (QED) is 0.696. The van der Waals surface area contributed by atoms with Crippen molar-refractivity contribution in [2.75, 3.05) is 11.9 Å². The Bertz CT molecular complexity index is 872. The summed E-state index contributed by atoms with van der Waals surface area (Å²) in [7, 11) is 0. The minimum absolute atomic E-state index is 0.107. The third-order valence-corrected chi connectivity index (χ3v) is 3.86. The molecule has 3 aromatic rings. The number of nitrogens with zero attached hydrogens (tertiary/aromatic N) is 2. The van der Waals surface area contributed by atoms with Crippen molar-refractivity contribution in [1.29, 1.82) is 0 Å². The number of nitrogens with one attached hydrogen (secondary N) is 1. The molecule has 0 saturated heterocycles. The zero-order chi connectivity index (χ0) is 18.4. The number of carbonyl (C=O) groups excluding carboxylic acids is 1. The number of carbonyl (C=O) groups is 1. The Labute approximate surface area is 152 Å². The molecule has 0 aliphatic rings. The Balaban J connectivity index is 1.54. The lowest BCUT2D eigenvalue weighted by atomic mass is 10.1. The van der Waals surface area contributed by atoms with E-state index in [9.17, 15) is 4.79 Å². The van der Waals surface area contributed by atoms with Crippen LogP contribution in [-0.2, 0) is 11.2 Å². The molecule has 0 fully saturated rings. The van der Waals surface area contributed by atoms with Gasteiger partial charge in [-0.2, -0.15) is 0 Å². The molecule has 0 aliphatic carbocycles. The second-order valence-electron chi connectivity index (χ2n) is 5.82. The molecular formula is C20H21N3O3. The molecule has 0 aliphatic heterocycles. The van der Waals surface area contributed by atoms with Crippen molar-refractivity contribution >= 4 is 11.6 Å². The van der Waals surface area contributed by atoms with Crippen LogP contribution in [0.1, 0.15) is 24.8 Å². The predicted octanol–water partition coefficient (Wildman–Crippen LogP) is 4.02. The summed E-state index contributed by atoms with van der Waals surface area (Å²) in [5.41, 5.74) is 2.70. The smallest absolute Gasteiger partial charge is 0.247 e. The van der Waals surface area contributed by atoms with Gasteiger partial charge in [0.2, 0.25) is 17.7 Å². The van der Waals surface area contributed by atoms with E-state index in [2.05, 4.69) is 15.5 Å². The molecule has 0 atom stereocenters. The van der Waals surface area contributed by atoms with E-state index in [-0.39, 0.29) is 12.3 Å². The Morgan fingerprint density at radius 1 is 1.12 bits per heavy atom. The molecule has 0 saturated carbocycles. The normalized spacial score (nSPS) is 10.5. The highest BCUT2D eigenvalue weighted by atomic mass is 16.5. The first-order valence-electron chi connectivity index (χ1n) is 8.57. The molecule has 1 aromatic heterocycles. The summed E-state index contributed by atoms with van der Waals surface area (Å²) in [6.07, 6.45) is 0.657. The molecule has 3 rings (SSSR count). The Morgan fingerprint density at radius 3 is 2.62 bits per heavy atom. The Morgan fingerprint density at radius 2 is 1.88 bits per heavy atom. The lowest BCUT2D eigenvalue weighted by molar-refractivity contribution is -0.116. The van der Waals surface area contributed by atoms with Gasteiger partial charge in [-0.05, 0) is 49.7 Å². The first kappa shape index (κ1) is 17.7. The third-order valence-electron chi connectivity index (χ3n) is 3.86. The van der Waals surface area contributed by atoms with Crippen LogP contribution < -0.4 is 10.1 Å². The monoisotopic (exact) mass is 351 g/mol. The van der Waals surface area contributed by atoms with Gasteiger partial charge in [0.15, 0.2) is 0 Å².